The molecule has 0 nitrogen and oxygen atoms in total. The highest BCUT2D eigenvalue weighted by atomic mass is 32.2. The molecule has 58 heavy (non-hydrogen) atoms. The van der Waals surface area contributed by atoms with E-state index in [2.05, 4.69) is 194 Å². The van der Waals surface area contributed by atoms with E-state index in [0.717, 1.165) is 0 Å². The van der Waals surface area contributed by atoms with Crippen LogP contribution in [0.25, 0.3) is 42.4 Å². The summed E-state index contributed by atoms with van der Waals surface area (Å²) in [6.45, 7) is 0. The molecule has 0 saturated heterocycles. The topological polar surface area (TPSA) is 0 Å². The summed E-state index contributed by atoms with van der Waals surface area (Å²) in [7, 11) is 0. The molecule has 272 valence electrons. The zero-order valence-corrected chi connectivity index (χ0v) is 34.4. The lowest BCUT2D eigenvalue weighted by Gasteiger charge is -2.51. The molecule has 0 fully saturated rings. The van der Waals surface area contributed by atoms with Gasteiger partial charge in [0.2, 0.25) is 0 Å². The Balaban J connectivity index is 1.22. The molecule has 4 heteroatoms. The Bertz CT molecular complexity index is 2960. The van der Waals surface area contributed by atoms with Crippen LogP contribution in [0.5, 0.6) is 0 Å². The second kappa shape index (κ2) is 12.4. The first-order chi connectivity index (χ1) is 28.7. The second-order valence-corrected chi connectivity index (χ2v) is 19.8. The number of benzene rings is 8. The van der Waals surface area contributed by atoms with E-state index in [4.69, 9.17) is 0 Å². The van der Waals surface area contributed by atoms with E-state index in [1.807, 2.05) is 46.2 Å². The first kappa shape index (κ1) is 33.4. The minimum Gasteiger partial charge on any atom is -0.138 e. The maximum atomic E-state index is 2.60. The maximum Gasteiger partial charge on any atom is 0.0831 e. The fraction of sp³-hybridized carbons (Fsp3) is 0.0370. The van der Waals surface area contributed by atoms with E-state index in [1.165, 1.54) is 105 Å². The van der Waals surface area contributed by atoms with Gasteiger partial charge in [0, 0.05) is 39.1 Å². The van der Waals surface area contributed by atoms with Gasteiger partial charge in [-0.3, -0.25) is 0 Å². The third kappa shape index (κ3) is 4.44. The van der Waals surface area contributed by atoms with Crippen molar-refractivity contribution in [2.75, 3.05) is 0 Å². The molecular formula is C54H32S4. The average molecular weight is 809 g/mol. The number of fused-ring (bicyclic) bond motifs is 16. The van der Waals surface area contributed by atoms with Crippen molar-refractivity contribution in [3.63, 3.8) is 0 Å². The summed E-state index contributed by atoms with van der Waals surface area (Å²) in [6.07, 6.45) is 0. The zero-order chi connectivity index (χ0) is 38.0. The molecule has 3 aliphatic rings. The Kier molecular flexibility index (Phi) is 7.16. The van der Waals surface area contributed by atoms with Crippen LogP contribution in [0.1, 0.15) is 43.1 Å². The second-order valence-electron chi connectivity index (χ2n) is 15.5. The summed E-state index contributed by atoms with van der Waals surface area (Å²) in [5.74, 6) is 0. The van der Waals surface area contributed by atoms with Gasteiger partial charge < -0.3 is 0 Å². The van der Waals surface area contributed by atoms with Gasteiger partial charge >= 0.3 is 0 Å². The predicted octanol–water partition coefficient (Wildman–Crippen LogP) is 15.5. The normalized spacial score (nSPS) is 15.0. The van der Waals surface area contributed by atoms with Gasteiger partial charge in [-0.15, -0.1) is 22.7 Å². The molecule has 0 bridgehead atoms. The Morgan fingerprint density at radius 2 is 0.603 bits per heavy atom. The van der Waals surface area contributed by atoms with Gasteiger partial charge in [0.05, 0.1) is 10.8 Å². The van der Waals surface area contributed by atoms with Crippen LogP contribution >= 0.6 is 46.2 Å². The third-order valence-corrected chi connectivity index (χ3v) is 17.5. The van der Waals surface area contributed by atoms with Crippen molar-refractivity contribution in [1.29, 1.82) is 0 Å². The van der Waals surface area contributed by atoms with Gasteiger partial charge in [0.15, 0.2) is 0 Å². The number of thiophene rings is 2. The fourth-order valence-corrected chi connectivity index (χ4v) is 15.4. The Labute approximate surface area is 353 Å². The van der Waals surface area contributed by atoms with E-state index in [-0.39, 0.29) is 0 Å². The van der Waals surface area contributed by atoms with Crippen LogP contribution in [0.3, 0.4) is 0 Å². The van der Waals surface area contributed by atoms with Gasteiger partial charge in [0.25, 0.3) is 0 Å². The highest BCUT2D eigenvalue weighted by Gasteiger charge is 2.60. The smallest absolute Gasteiger partial charge is 0.0831 e. The standard InChI is InChI=1S/C54H32S4/c1-3-15-35-29-37(27-25-33(35)13-1)49-31-43-51(57-49)54(41-19-7-11-23-47(41)56-48-24-12-8-20-42(48)54)44-32-50(38-28-26-34-14-2-4-16-36(34)30-38)58-52(44)53(43)39-17-5-9-21-45(39)55-46-22-10-6-18-40(46)53/h1-32H. The monoisotopic (exact) mass is 808 g/mol. The van der Waals surface area contributed by atoms with Crippen LogP contribution in [0.2, 0.25) is 0 Å². The van der Waals surface area contributed by atoms with Gasteiger partial charge in [-0.2, -0.15) is 0 Å². The number of rotatable bonds is 2. The van der Waals surface area contributed by atoms with Crippen LogP contribution in [0.15, 0.2) is 214 Å². The third-order valence-electron chi connectivity index (χ3n) is 12.6. The highest BCUT2D eigenvalue weighted by Crippen LogP contribution is 2.70. The van der Waals surface area contributed by atoms with Crippen LogP contribution in [-0.2, 0) is 10.8 Å². The molecule has 13 rings (SSSR count). The lowest BCUT2D eigenvalue weighted by Crippen LogP contribution is -2.45. The molecule has 0 atom stereocenters. The molecule has 2 aliphatic heterocycles. The molecule has 0 N–H and O–H groups in total. The first-order valence-corrected chi connectivity index (χ1v) is 23.0. The van der Waals surface area contributed by atoms with E-state index >= 15 is 0 Å². The van der Waals surface area contributed by atoms with Crippen LogP contribution < -0.4 is 0 Å². The summed E-state index contributed by atoms with van der Waals surface area (Å²) in [4.78, 5) is 10.8. The first-order valence-electron chi connectivity index (χ1n) is 19.7. The summed E-state index contributed by atoms with van der Waals surface area (Å²) >= 11 is 7.85. The Morgan fingerprint density at radius 3 is 0.983 bits per heavy atom. The maximum absolute atomic E-state index is 2.60. The van der Waals surface area contributed by atoms with Crippen molar-refractivity contribution in [2.24, 2.45) is 0 Å². The van der Waals surface area contributed by atoms with Crippen molar-refractivity contribution < 1.29 is 0 Å². The summed E-state index contributed by atoms with van der Waals surface area (Å²) in [5.41, 5.74) is 9.76. The minimum absolute atomic E-state index is 0.534. The SMILES string of the molecule is c1ccc2c(c1)Sc1ccccc1C21c2cc(-c3ccc4ccccc4c3)sc2C2(c3ccccc3Sc3ccccc32)c2cc(-c3ccc4ccccc4c3)sc21. The molecule has 0 radical (unpaired) electrons. The Hall–Kier alpha value is -5.62. The predicted molar refractivity (Wildman–Crippen MR) is 247 cm³/mol. The molecule has 2 aromatic heterocycles. The summed E-state index contributed by atoms with van der Waals surface area (Å²) < 4.78 is 0. The Morgan fingerprint density at radius 1 is 0.276 bits per heavy atom. The number of hydrogen-bond donors (Lipinski definition) is 0. The molecule has 0 amide bonds. The summed E-state index contributed by atoms with van der Waals surface area (Å²) in [6, 6.07) is 73.7. The van der Waals surface area contributed by atoms with E-state index in [1.54, 1.807) is 0 Å². The van der Waals surface area contributed by atoms with Gasteiger partial charge in [-0.1, -0.05) is 169 Å². The lowest BCUT2D eigenvalue weighted by atomic mass is 9.55. The van der Waals surface area contributed by atoms with E-state index < -0.39 is 10.8 Å². The van der Waals surface area contributed by atoms with Crippen molar-refractivity contribution in [1.82, 2.24) is 0 Å². The molecule has 10 aromatic rings. The van der Waals surface area contributed by atoms with Crippen LogP contribution in [-0.4, -0.2) is 0 Å². The fourth-order valence-electron chi connectivity index (χ4n) is 10.2. The highest BCUT2D eigenvalue weighted by molar-refractivity contribution is 7.99. The van der Waals surface area contributed by atoms with Crippen molar-refractivity contribution >= 4 is 67.7 Å². The van der Waals surface area contributed by atoms with Gasteiger partial charge in [-0.05, 0) is 115 Å². The van der Waals surface area contributed by atoms with Crippen LogP contribution in [0, 0.1) is 0 Å². The largest absolute Gasteiger partial charge is 0.138 e. The molecule has 4 heterocycles. The van der Waals surface area contributed by atoms with Crippen molar-refractivity contribution in [3.8, 4) is 20.9 Å². The quantitative estimate of drug-likeness (QED) is 0.171. The average Bonchev–Trinajstić information content (AvgIpc) is 3.95. The number of hydrogen-bond acceptors (Lipinski definition) is 4. The molecule has 0 saturated carbocycles. The summed E-state index contributed by atoms with van der Waals surface area (Å²) in [5, 5.41) is 5.07. The van der Waals surface area contributed by atoms with Crippen molar-refractivity contribution in [2.45, 2.75) is 30.4 Å². The van der Waals surface area contributed by atoms with Gasteiger partial charge in [0.1, 0.15) is 0 Å². The molecule has 0 unspecified atom stereocenters. The lowest BCUT2D eigenvalue weighted by molar-refractivity contribution is 0.609. The van der Waals surface area contributed by atoms with E-state index in [9.17, 15) is 0 Å². The minimum atomic E-state index is -0.534. The van der Waals surface area contributed by atoms with Gasteiger partial charge in [-0.25, -0.2) is 0 Å². The van der Waals surface area contributed by atoms with Crippen LogP contribution in [0.4, 0.5) is 0 Å². The van der Waals surface area contributed by atoms with Crippen molar-refractivity contribution in [3.05, 3.63) is 237 Å². The molecule has 8 aromatic carbocycles. The molecular weight excluding hydrogens is 777 g/mol. The zero-order valence-electron chi connectivity index (χ0n) is 31.1. The molecule has 2 spiro atoms. The molecule has 1 aliphatic carbocycles. The van der Waals surface area contributed by atoms with E-state index in [0.29, 0.717) is 0 Å².